The third-order valence-electron chi connectivity index (χ3n) is 4.16. The molecule has 1 aliphatic carbocycles. The fraction of sp³-hybridized carbons (Fsp3) is 1.00. The lowest BCUT2D eigenvalue weighted by atomic mass is 9.74. The van der Waals surface area contributed by atoms with Crippen LogP contribution in [-0.2, 0) is 0 Å². The number of aliphatic hydroxyl groups excluding tert-OH is 1. The first-order valence-electron chi connectivity index (χ1n) is 6.88. The van der Waals surface area contributed by atoms with Crippen LogP contribution in [0.1, 0.15) is 65.2 Å². The molecular formula is C14H28O. The summed E-state index contributed by atoms with van der Waals surface area (Å²) in [5.41, 5.74) is 0. The molecule has 0 radical (unpaired) electrons. The summed E-state index contributed by atoms with van der Waals surface area (Å²) >= 11 is 0. The SMILES string of the molecule is CCCC(CCO)CC1CCCCC1C. The average Bonchev–Trinajstić information content (AvgIpc) is 2.22. The number of aliphatic hydroxyl groups is 1. The summed E-state index contributed by atoms with van der Waals surface area (Å²) in [4.78, 5) is 0. The van der Waals surface area contributed by atoms with E-state index in [1.54, 1.807) is 0 Å². The molecule has 1 aliphatic rings. The number of rotatable bonds is 6. The summed E-state index contributed by atoms with van der Waals surface area (Å²) in [6.45, 7) is 5.06. The van der Waals surface area contributed by atoms with Gasteiger partial charge in [0.2, 0.25) is 0 Å². The molecule has 0 amide bonds. The Morgan fingerprint density at radius 3 is 2.53 bits per heavy atom. The predicted molar refractivity (Wildman–Crippen MR) is 65.8 cm³/mol. The molecule has 0 aromatic heterocycles. The molecule has 3 unspecified atom stereocenters. The number of hydrogen-bond acceptors (Lipinski definition) is 1. The second-order valence-electron chi connectivity index (χ2n) is 5.42. The van der Waals surface area contributed by atoms with Gasteiger partial charge in [-0.1, -0.05) is 52.4 Å². The highest BCUT2D eigenvalue weighted by atomic mass is 16.3. The topological polar surface area (TPSA) is 20.2 Å². The van der Waals surface area contributed by atoms with Gasteiger partial charge in [0.15, 0.2) is 0 Å². The Morgan fingerprint density at radius 1 is 1.20 bits per heavy atom. The van der Waals surface area contributed by atoms with Crippen LogP contribution < -0.4 is 0 Å². The van der Waals surface area contributed by atoms with Gasteiger partial charge in [-0.2, -0.15) is 0 Å². The van der Waals surface area contributed by atoms with Crippen molar-refractivity contribution in [1.29, 1.82) is 0 Å². The fourth-order valence-electron chi connectivity index (χ4n) is 3.14. The lowest BCUT2D eigenvalue weighted by Crippen LogP contribution is -2.20. The van der Waals surface area contributed by atoms with Gasteiger partial charge in [0.1, 0.15) is 0 Å². The lowest BCUT2D eigenvalue weighted by Gasteiger charge is -2.31. The van der Waals surface area contributed by atoms with Crippen LogP contribution in [0.25, 0.3) is 0 Å². The predicted octanol–water partition coefficient (Wildman–Crippen LogP) is 4.00. The van der Waals surface area contributed by atoms with E-state index in [9.17, 15) is 0 Å². The van der Waals surface area contributed by atoms with Crippen LogP contribution in [0.4, 0.5) is 0 Å². The number of hydrogen-bond donors (Lipinski definition) is 1. The Morgan fingerprint density at radius 2 is 1.93 bits per heavy atom. The molecule has 0 bridgehead atoms. The average molecular weight is 212 g/mol. The van der Waals surface area contributed by atoms with Gasteiger partial charge in [-0.15, -0.1) is 0 Å². The van der Waals surface area contributed by atoms with Gasteiger partial charge in [-0.3, -0.25) is 0 Å². The van der Waals surface area contributed by atoms with Crippen LogP contribution in [0.5, 0.6) is 0 Å². The summed E-state index contributed by atoms with van der Waals surface area (Å²) in [5.74, 6) is 2.66. The van der Waals surface area contributed by atoms with Crippen LogP contribution in [0.3, 0.4) is 0 Å². The molecule has 1 saturated carbocycles. The van der Waals surface area contributed by atoms with Gasteiger partial charge in [0.05, 0.1) is 0 Å². The molecule has 0 aromatic carbocycles. The summed E-state index contributed by atoms with van der Waals surface area (Å²) in [6.07, 6.45) is 10.7. The van der Waals surface area contributed by atoms with E-state index in [0.29, 0.717) is 6.61 Å². The standard InChI is InChI=1S/C14H28O/c1-3-6-13(9-10-15)11-14-8-5-4-7-12(14)2/h12-15H,3-11H2,1-2H3. The molecule has 1 nitrogen and oxygen atoms in total. The Balaban J connectivity index is 2.33. The fourth-order valence-corrected chi connectivity index (χ4v) is 3.14. The first-order chi connectivity index (χ1) is 7.27. The molecular weight excluding hydrogens is 184 g/mol. The van der Waals surface area contributed by atoms with Crippen molar-refractivity contribution < 1.29 is 5.11 Å². The maximum Gasteiger partial charge on any atom is 0.0433 e. The van der Waals surface area contributed by atoms with E-state index in [1.807, 2.05) is 0 Å². The van der Waals surface area contributed by atoms with Crippen molar-refractivity contribution in [2.45, 2.75) is 65.2 Å². The third-order valence-corrected chi connectivity index (χ3v) is 4.16. The van der Waals surface area contributed by atoms with E-state index in [2.05, 4.69) is 13.8 Å². The van der Waals surface area contributed by atoms with Crippen LogP contribution in [0.2, 0.25) is 0 Å². The zero-order valence-electron chi connectivity index (χ0n) is 10.5. The first-order valence-corrected chi connectivity index (χ1v) is 6.88. The van der Waals surface area contributed by atoms with Gasteiger partial charge >= 0.3 is 0 Å². The first kappa shape index (κ1) is 13.0. The highest BCUT2D eigenvalue weighted by molar-refractivity contribution is 4.75. The largest absolute Gasteiger partial charge is 0.396 e. The molecule has 0 saturated heterocycles. The van der Waals surface area contributed by atoms with Gasteiger partial charge in [-0.05, 0) is 30.6 Å². The van der Waals surface area contributed by atoms with E-state index in [-0.39, 0.29) is 0 Å². The van der Waals surface area contributed by atoms with E-state index < -0.39 is 0 Å². The molecule has 0 aliphatic heterocycles. The van der Waals surface area contributed by atoms with E-state index in [4.69, 9.17) is 5.11 Å². The van der Waals surface area contributed by atoms with Crippen LogP contribution >= 0.6 is 0 Å². The lowest BCUT2D eigenvalue weighted by molar-refractivity contribution is 0.179. The van der Waals surface area contributed by atoms with Gasteiger partial charge in [0, 0.05) is 6.61 Å². The van der Waals surface area contributed by atoms with Crippen molar-refractivity contribution in [3.63, 3.8) is 0 Å². The summed E-state index contributed by atoms with van der Waals surface area (Å²) < 4.78 is 0. The van der Waals surface area contributed by atoms with Gasteiger partial charge in [0.25, 0.3) is 0 Å². The molecule has 0 aromatic rings. The highest BCUT2D eigenvalue weighted by Crippen LogP contribution is 2.35. The minimum absolute atomic E-state index is 0.381. The second-order valence-corrected chi connectivity index (χ2v) is 5.42. The van der Waals surface area contributed by atoms with Crippen molar-refractivity contribution in [3.8, 4) is 0 Å². The summed E-state index contributed by atoms with van der Waals surface area (Å²) in [6, 6.07) is 0. The molecule has 1 heteroatoms. The normalized spacial score (nSPS) is 29.0. The molecule has 15 heavy (non-hydrogen) atoms. The van der Waals surface area contributed by atoms with Crippen molar-refractivity contribution in [1.82, 2.24) is 0 Å². The van der Waals surface area contributed by atoms with Crippen LogP contribution in [-0.4, -0.2) is 11.7 Å². The van der Waals surface area contributed by atoms with Crippen LogP contribution in [0, 0.1) is 17.8 Å². The Kier molecular flexibility index (Phi) is 6.31. The highest BCUT2D eigenvalue weighted by Gasteiger charge is 2.23. The maximum absolute atomic E-state index is 9.06. The summed E-state index contributed by atoms with van der Waals surface area (Å²) in [5, 5.41) is 9.06. The Labute approximate surface area is 95.3 Å². The Hall–Kier alpha value is -0.0400. The zero-order chi connectivity index (χ0) is 11.1. The molecule has 0 spiro atoms. The van der Waals surface area contributed by atoms with Crippen molar-refractivity contribution in [2.24, 2.45) is 17.8 Å². The van der Waals surface area contributed by atoms with E-state index >= 15 is 0 Å². The quantitative estimate of drug-likeness (QED) is 0.705. The molecule has 90 valence electrons. The van der Waals surface area contributed by atoms with Crippen molar-refractivity contribution >= 4 is 0 Å². The van der Waals surface area contributed by atoms with Crippen molar-refractivity contribution in [3.05, 3.63) is 0 Å². The third kappa shape index (κ3) is 4.55. The smallest absolute Gasteiger partial charge is 0.0433 e. The van der Waals surface area contributed by atoms with E-state index in [0.717, 1.165) is 24.2 Å². The van der Waals surface area contributed by atoms with Crippen molar-refractivity contribution in [2.75, 3.05) is 6.61 Å². The Bertz CT molecular complexity index is 149. The van der Waals surface area contributed by atoms with Crippen LogP contribution in [0.15, 0.2) is 0 Å². The second kappa shape index (κ2) is 7.27. The molecule has 1 N–H and O–H groups in total. The molecule has 3 atom stereocenters. The van der Waals surface area contributed by atoms with Gasteiger partial charge in [-0.25, -0.2) is 0 Å². The minimum atomic E-state index is 0.381. The monoisotopic (exact) mass is 212 g/mol. The molecule has 0 heterocycles. The molecule has 1 fully saturated rings. The van der Waals surface area contributed by atoms with Gasteiger partial charge < -0.3 is 5.11 Å². The summed E-state index contributed by atoms with van der Waals surface area (Å²) in [7, 11) is 0. The minimum Gasteiger partial charge on any atom is -0.396 e. The zero-order valence-corrected chi connectivity index (χ0v) is 10.5. The maximum atomic E-state index is 9.06. The van der Waals surface area contributed by atoms with E-state index in [1.165, 1.54) is 44.9 Å². The molecule has 1 rings (SSSR count).